The van der Waals surface area contributed by atoms with Gasteiger partial charge in [-0.3, -0.25) is 9.78 Å². The highest BCUT2D eigenvalue weighted by molar-refractivity contribution is 7.99. The van der Waals surface area contributed by atoms with Crippen LogP contribution in [-0.4, -0.2) is 42.4 Å². The van der Waals surface area contributed by atoms with Crippen LogP contribution in [0.5, 0.6) is 0 Å². The number of aliphatic hydroxyl groups excluding tert-OH is 1. The molecule has 3 heterocycles. The number of amides is 1. The van der Waals surface area contributed by atoms with Crippen LogP contribution in [0.1, 0.15) is 51.6 Å². The minimum atomic E-state index is -0.556. The van der Waals surface area contributed by atoms with Crippen molar-refractivity contribution in [2.45, 2.75) is 43.2 Å². The third kappa shape index (κ3) is 7.17. The first-order chi connectivity index (χ1) is 23.5. The molecule has 9 nitrogen and oxygen atoms in total. The second-order valence-electron chi connectivity index (χ2n) is 11.7. The fourth-order valence-corrected chi connectivity index (χ4v) is 6.74. The van der Waals surface area contributed by atoms with Crippen LogP contribution in [0.25, 0.3) is 22.2 Å². The van der Waals surface area contributed by atoms with Crippen LogP contribution < -0.4 is 5.32 Å². The number of nitrogens with zero attached hydrogens (tertiary/aromatic N) is 4. The summed E-state index contributed by atoms with van der Waals surface area (Å²) in [5, 5.41) is 13.5. The summed E-state index contributed by atoms with van der Waals surface area (Å²) in [5.74, 6) is 0.457. The van der Waals surface area contributed by atoms with Gasteiger partial charge in [0.2, 0.25) is 0 Å². The highest BCUT2D eigenvalue weighted by Crippen LogP contribution is 2.40. The standard InChI is InChI=1S/C38H35N5O4S/c1-43-19-18-39-38(43)48-24-30-20-35(27-12-10-25(23-44)11-13-27)47-37(46-30)28-16-14-26(15-17-28)31-7-3-2-6-29(31)21-41-36(45)34-22-40-32-8-4-5-9-33(32)42-34/h2-19,22,30,35,37,44H,20-21,23-24H2,1H3,(H,41,45)/t30-,35+,37+/m0/s1. The molecule has 7 rings (SSSR count). The van der Waals surface area contributed by atoms with Crippen molar-refractivity contribution in [3.8, 4) is 11.1 Å². The lowest BCUT2D eigenvalue weighted by Crippen LogP contribution is -2.31. The van der Waals surface area contributed by atoms with Crippen molar-refractivity contribution in [2.24, 2.45) is 7.05 Å². The lowest BCUT2D eigenvalue weighted by molar-refractivity contribution is -0.245. The number of carbonyl (C=O) groups excluding carboxylic acids is 1. The fraction of sp³-hybridized carbons (Fsp3) is 0.211. The number of nitrogens with one attached hydrogen (secondary N) is 1. The molecule has 4 aromatic carbocycles. The van der Waals surface area contributed by atoms with Gasteiger partial charge in [0.1, 0.15) is 5.69 Å². The van der Waals surface area contributed by atoms with Crippen molar-refractivity contribution >= 4 is 28.7 Å². The Morgan fingerprint density at radius 3 is 2.44 bits per heavy atom. The molecule has 10 heteroatoms. The molecule has 2 aromatic heterocycles. The zero-order valence-electron chi connectivity index (χ0n) is 26.4. The van der Waals surface area contributed by atoms with Crippen LogP contribution in [0.4, 0.5) is 0 Å². The first kappa shape index (κ1) is 31.7. The zero-order valence-corrected chi connectivity index (χ0v) is 27.2. The molecule has 0 radical (unpaired) electrons. The normalized spacial score (nSPS) is 17.8. The summed E-state index contributed by atoms with van der Waals surface area (Å²) in [6, 6.07) is 31.6. The number of aryl methyl sites for hydroxylation is 1. The van der Waals surface area contributed by atoms with Crippen LogP contribution >= 0.6 is 11.8 Å². The first-order valence-electron chi connectivity index (χ1n) is 15.8. The second-order valence-corrected chi connectivity index (χ2v) is 12.7. The van der Waals surface area contributed by atoms with Crippen molar-refractivity contribution in [3.63, 3.8) is 0 Å². The number of fused-ring (bicyclic) bond motifs is 1. The number of hydrogen-bond acceptors (Lipinski definition) is 8. The van der Waals surface area contributed by atoms with Gasteiger partial charge in [-0.25, -0.2) is 9.97 Å². The minimum Gasteiger partial charge on any atom is -0.392 e. The molecule has 48 heavy (non-hydrogen) atoms. The van der Waals surface area contributed by atoms with Gasteiger partial charge in [-0.1, -0.05) is 96.7 Å². The molecule has 1 saturated heterocycles. The highest BCUT2D eigenvalue weighted by atomic mass is 32.2. The van der Waals surface area contributed by atoms with Crippen molar-refractivity contribution in [2.75, 3.05) is 5.75 Å². The van der Waals surface area contributed by atoms with Crippen LogP contribution in [0, 0.1) is 0 Å². The quantitative estimate of drug-likeness (QED) is 0.155. The van der Waals surface area contributed by atoms with E-state index in [9.17, 15) is 9.90 Å². The van der Waals surface area contributed by atoms with Crippen LogP contribution in [-0.2, 0) is 29.7 Å². The van der Waals surface area contributed by atoms with E-state index >= 15 is 0 Å². The first-order valence-corrected chi connectivity index (χ1v) is 16.8. The summed E-state index contributed by atoms with van der Waals surface area (Å²) in [4.78, 5) is 26.3. The summed E-state index contributed by atoms with van der Waals surface area (Å²) in [6.07, 6.45) is 5.16. The van der Waals surface area contributed by atoms with E-state index in [1.165, 1.54) is 6.20 Å². The molecule has 1 aliphatic heterocycles. The Morgan fingerprint density at radius 2 is 1.67 bits per heavy atom. The fourth-order valence-electron chi connectivity index (χ4n) is 5.79. The van der Waals surface area contributed by atoms with Gasteiger partial charge in [-0.2, -0.15) is 0 Å². The van der Waals surface area contributed by atoms with Gasteiger partial charge in [0.25, 0.3) is 5.91 Å². The molecular formula is C38H35N5O4S. The molecule has 1 amide bonds. The van der Waals surface area contributed by atoms with Crippen molar-refractivity contribution in [3.05, 3.63) is 144 Å². The lowest BCUT2D eigenvalue weighted by atomic mass is 9.97. The molecule has 242 valence electrons. The van der Waals surface area contributed by atoms with Gasteiger partial charge >= 0.3 is 0 Å². The van der Waals surface area contributed by atoms with E-state index in [-0.39, 0.29) is 30.4 Å². The SMILES string of the molecule is Cn1ccnc1SC[C@@H]1C[C@H](c2ccc(CO)cc2)O[C@H](c2ccc(-c3ccccc3CNC(=O)c3cnc4ccccc4n3)cc2)O1. The van der Waals surface area contributed by atoms with E-state index in [2.05, 4.69) is 38.5 Å². The molecule has 0 aliphatic carbocycles. The maximum atomic E-state index is 13.0. The molecular weight excluding hydrogens is 623 g/mol. The third-order valence-electron chi connectivity index (χ3n) is 8.42. The summed E-state index contributed by atoms with van der Waals surface area (Å²) >= 11 is 1.67. The Balaban J connectivity index is 1.07. The summed E-state index contributed by atoms with van der Waals surface area (Å²) in [7, 11) is 1.99. The summed E-state index contributed by atoms with van der Waals surface area (Å²) in [5.41, 5.74) is 7.56. The summed E-state index contributed by atoms with van der Waals surface area (Å²) < 4.78 is 15.1. The molecule has 1 aliphatic rings. The van der Waals surface area contributed by atoms with Gasteiger partial charge in [0, 0.05) is 43.7 Å². The maximum Gasteiger partial charge on any atom is 0.271 e. The molecule has 2 N–H and O–H groups in total. The monoisotopic (exact) mass is 657 g/mol. The van der Waals surface area contributed by atoms with Gasteiger partial charge in [-0.05, 0) is 39.9 Å². The number of rotatable bonds is 10. The van der Waals surface area contributed by atoms with E-state index < -0.39 is 6.29 Å². The number of carbonyl (C=O) groups is 1. The molecule has 1 fully saturated rings. The number of hydrogen-bond donors (Lipinski definition) is 2. The second kappa shape index (κ2) is 14.5. The van der Waals surface area contributed by atoms with E-state index in [1.807, 2.05) is 96.7 Å². The van der Waals surface area contributed by atoms with Gasteiger partial charge in [-0.15, -0.1) is 0 Å². The number of thioether (sulfide) groups is 1. The Labute approximate surface area is 283 Å². The topological polar surface area (TPSA) is 111 Å². The van der Waals surface area contributed by atoms with Crippen molar-refractivity contribution < 1.29 is 19.4 Å². The number of aromatic nitrogens is 4. The van der Waals surface area contributed by atoms with Gasteiger partial charge in [0.15, 0.2) is 11.4 Å². The van der Waals surface area contributed by atoms with Gasteiger partial charge in [0.05, 0.1) is 36.0 Å². The molecule has 0 unspecified atom stereocenters. The van der Waals surface area contributed by atoms with E-state index in [1.54, 1.807) is 18.0 Å². The van der Waals surface area contributed by atoms with E-state index in [0.717, 1.165) is 49.8 Å². The van der Waals surface area contributed by atoms with Gasteiger partial charge < -0.3 is 24.5 Å². The maximum absolute atomic E-state index is 13.0. The number of para-hydroxylation sites is 2. The van der Waals surface area contributed by atoms with Crippen LogP contribution in [0.2, 0.25) is 0 Å². The van der Waals surface area contributed by atoms with E-state index in [0.29, 0.717) is 18.5 Å². The zero-order chi connectivity index (χ0) is 32.9. The molecule has 3 atom stereocenters. The molecule has 0 bridgehead atoms. The largest absolute Gasteiger partial charge is 0.392 e. The predicted molar refractivity (Wildman–Crippen MR) is 185 cm³/mol. The number of ether oxygens (including phenoxy) is 2. The van der Waals surface area contributed by atoms with Crippen molar-refractivity contribution in [1.29, 1.82) is 0 Å². The number of imidazole rings is 1. The summed E-state index contributed by atoms with van der Waals surface area (Å²) in [6.45, 7) is 0.341. The third-order valence-corrected chi connectivity index (χ3v) is 9.61. The van der Waals surface area contributed by atoms with Crippen LogP contribution in [0.3, 0.4) is 0 Å². The Morgan fingerprint density at radius 1 is 0.917 bits per heavy atom. The minimum absolute atomic E-state index is 0.00144. The average Bonchev–Trinajstić information content (AvgIpc) is 3.57. The number of benzene rings is 4. The van der Waals surface area contributed by atoms with Crippen molar-refractivity contribution in [1.82, 2.24) is 24.8 Å². The van der Waals surface area contributed by atoms with Crippen LogP contribution in [0.15, 0.2) is 121 Å². The lowest BCUT2D eigenvalue weighted by Gasteiger charge is -2.36. The average molecular weight is 658 g/mol. The van der Waals surface area contributed by atoms with E-state index in [4.69, 9.17) is 9.47 Å². The highest BCUT2D eigenvalue weighted by Gasteiger charge is 2.32. The predicted octanol–water partition coefficient (Wildman–Crippen LogP) is 6.79. The molecule has 6 aromatic rings. The molecule has 0 spiro atoms. The molecule has 0 saturated carbocycles. The number of aliphatic hydroxyl groups is 1. The smallest absolute Gasteiger partial charge is 0.271 e. The Hall–Kier alpha value is -4.87. The Bertz CT molecular complexity index is 2010. The Kier molecular flexibility index (Phi) is 9.57.